The highest BCUT2D eigenvalue weighted by Crippen LogP contribution is 2.17. The van der Waals surface area contributed by atoms with Gasteiger partial charge in [-0.05, 0) is 13.1 Å². The second-order valence-electron chi connectivity index (χ2n) is 5.42. The van der Waals surface area contributed by atoms with Gasteiger partial charge in [-0.1, -0.05) is 11.8 Å². The largest absolute Gasteiger partial charge is 0.354 e. The lowest BCUT2D eigenvalue weighted by Crippen LogP contribution is -2.44. The monoisotopic (exact) mass is 345 g/mol. The standard InChI is InChI=1S/C15H19N7OS/c1-21-5-7-22(8-6-21)13-9-12(18-11-19-13)20-14(23)10-24-15-16-3-2-4-17-15/h2-4,9,11H,5-8,10H2,1H3,(H,18,19,20,23). The van der Waals surface area contributed by atoms with Crippen LogP contribution in [0.15, 0.2) is 36.0 Å². The summed E-state index contributed by atoms with van der Waals surface area (Å²) in [4.78, 5) is 33.1. The third kappa shape index (κ3) is 4.62. The molecule has 0 aliphatic carbocycles. The Balaban J connectivity index is 1.55. The Labute approximate surface area is 144 Å². The van der Waals surface area contributed by atoms with Gasteiger partial charge < -0.3 is 15.1 Å². The number of carbonyl (C=O) groups is 1. The Kier molecular flexibility index (Phi) is 5.55. The van der Waals surface area contributed by atoms with Crippen LogP contribution in [0.5, 0.6) is 0 Å². The van der Waals surface area contributed by atoms with Crippen LogP contribution in [0.1, 0.15) is 0 Å². The van der Waals surface area contributed by atoms with Gasteiger partial charge in [-0.15, -0.1) is 0 Å². The topological polar surface area (TPSA) is 87.1 Å². The molecule has 8 nitrogen and oxygen atoms in total. The van der Waals surface area contributed by atoms with Crippen LogP contribution in [0, 0.1) is 0 Å². The number of anilines is 2. The molecule has 0 aromatic carbocycles. The Morgan fingerprint density at radius 1 is 1.17 bits per heavy atom. The summed E-state index contributed by atoms with van der Waals surface area (Å²) >= 11 is 1.29. The van der Waals surface area contributed by atoms with Crippen LogP contribution in [0.3, 0.4) is 0 Å². The zero-order valence-corrected chi connectivity index (χ0v) is 14.2. The summed E-state index contributed by atoms with van der Waals surface area (Å²) in [5.41, 5.74) is 0. The number of nitrogens with zero attached hydrogens (tertiary/aromatic N) is 6. The molecule has 24 heavy (non-hydrogen) atoms. The Hall–Kier alpha value is -2.26. The van der Waals surface area contributed by atoms with E-state index in [0.717, 1.165) is 32.0 Å². The van der Waals surface area contributed by atoms with E-state index in [2.05, 4.69) is 42.1 Å². The normalized spacial score (nSPS) is 15.3. The zero-order chi connectivity index (χ0) is 16.8. The number of carbonyl (C=O) groups excluding carboxylic acids is 1. The Bertz CT molecular complexity index is 677. The zero-order valence-electron chi connectivity index (χ0n) is 13.4. The maximum atomic E-state index is 12.0. The van der Waals surface area contributed by atoms with Gasteiger partial charge in [0.2, 0.25) is 5.91 Å². The van der Waals surface area contributed by atoms with E-state index in [9.17, 15) is 4.79 Å². The fraction of sp³-hybridized carbons (Fsp3) is 0.400. The average molecular weight is 345 g/mol. The average Bonchev–Trinajstić information content (AvgIpc) is 2.62. The van der Waals surface area contributed by atoms with Crippen molar-refractivity contribution in [1.29, 1.82) is 0 Å². The summed E-state index contributed by atoms with van der Waals surface area (Å²) in [6, 6.07) is 3.55. The van der Waals surface area contributed by atoms with Crippen molar-refractivity contribution in [3.63, 3.8) is 0 Å². The minimum Gasteiger partial charge on any atom is -0.354 e. The fourth-order valence-corrected chi connectivity index (χ4v) is 2.90. The van der Waals surface area contributed by atoms with Gasteiger partial charge in [0.1, 0.15) is 18.0 Å². The third-order valence-corrected chi connectivity index (χ3v) is 4.50. The van der Waals surface area contributed by atoms with E-state index < -0.39 is 0 Å². The van der Waals surface area contributed by atoms with Crippen LogP contribution in [-0.4, -0.2) is 69.7 Å². The third-order valence-electron chi connectivity index (χ3n) is 3.62. The second kappa shape index (κ2) is 8.02. The first kappa shape index (κ1) is 16.6. The number of hydrogen-bond acceptors (Lipinski definition) is 8. The van der Waals surface area contributed by atoms with Crippen molar-refractivity contribution in [3.05, 3.63) is 30.9 Å². The molecule has 0 bridgehead atoms. The molecule has 1 aliphatic heterocycles. The smallest absolute Gasteiger partial charge is 0.236 e. The van der Waals surface area contributed by atoms with Gasteiger partial charge in [0.15, 0.2) is 5.16 Å². The highest BCUT2D eigenvalue weighted by atomic mass is 32.2. The first-order valence-electron chi connectivity index (χ1n) is 7.66. The molecular formula is C15H19N7OS. The van der Waals surface area contributed by atoms with E-state index in [0.29, 0.717) is 11.0 Å². The van der Waals surface area contributed by atoms with Crippen molar-refractivity contribution in [1.82, 2.24) is 24.8 Å². The molecule has 1 N–H and O–H groups in total. The summed E-state index contributed by atoms with van der Waals surface area (Å²) in [5, 5.41) is 3.37. The van der Waals surface area contributed by atoms with Crippen LogP contribution in [0.2, 0.25) is 0 Å². The summed E-state index contributed by atoms with van der Waals surface area (Å²) in [5.74, 6) is 1.44. The number of rotatable bonds is 5. The molecule has 0 radical (unpaired) electrons. The van der Waals surface area contributed by atoms with Crippen molar-refractivity contribution >= 4 is 29.3 Å². The van der Waals surface area contributed by atoms with Crippen molar-refractivity contribution in [2.45, 2.75) is 5.16 Å². The van der Waals surface area contributed by atoms with Crippen molar-refractivity contribution in [2.24, 2.45) is 0 Å². The molecule has 1 saturated heterocycles. The molecule has 2 aromatic rings. The first-order valence-corrected chi connectivity index (χ1v) is 8.64. The molecule has 2 aromatic heterocycles. The summed E-state index contributed by atoms with van der Waals surface area (Å²) in [6.45, 7) is 3.84. The predicted octanol–water partition coefficient (Wildman–Crippen LogP) is 0.749. The van der Waals surface area contributed by atoms with E-state index in [-0.39, 0.29) is 11.7 Å². The molecule has 0 saturated carbocycles. The number of nitrogens with one attached hydrogen (secondary N) is 1. The van der Waals surface area contributed by atoms with Crippen molar-refractivity contribution < 1.29 is 4.79 Å². The van der Waals surface area contributed by atoms with Gasteiger partial charge in [-0.25, -0.2) is 19.9 Å². The highest BCUT2D eigenvalue weighted by molar-refractivity contribution is 7.99. The van der Waals surface area contributed by atoms with Gasteiger partial charge in [-0.3, -0.25) is 4.79 Å². The molecule has 0 spiro atoms. The van der Waals surface area contributed by atoms with E-state index in [4.69, 9.17) is 0 Å². The summed E-state index contributed by atoms with van der Waals surface area (Å²) in [7, 11) is 2.11. The molecule has 3 rings (SSSR count). The number of thioether (sulfide) groups is 1. The molecule has 1 fully saturated rings. The van der Waals surface area contributed by atoms with E-state index in [1.54, 1.807) is 18.5 Å². The summed E-state index contributed by atoms with van der Waals surface area (Å²) in [6.07, 6.45) is 4.79. The van der Waals surface area contributed by atoms with Crippen LogP contribution < -0.4 is 10.2 Å². The molecule has 1 aliphatic rings. The molecule has 126 valence electrons. The van der Waals surface area contributed by atoms with Crippen LogP contribution in [0.25, 0.3) is 0 Å². The van der Waals surface area contributed by atoms with Gasteiger partial charge >= 0.3 is 0 Å². The van der Waals surface area contributed by atoms with Gasteiger partial charge in [-0.2, -0.15) is 0 Å². The highest BCUT2D eigenvalue weighted by Gasteiger charge is 2.16. The van der Waals surface area contributed by atoms with Crippen LogP contribution in [0.4, 0.5) is 11.6 Å². The van der Waals surface area contributed by atoms with Gasteiger partial charge in [0.25, 0.3) is 0 Å². The number of hydrogen-bond donors (Lipinski definition) is 1. The lowest BCUT2D eigenvalue weighted by atomic mass is 10.3. The van der Waals surface area contributed by atoms with E-state index >= 15 is 0 Å². The van der Waals surface area contributed by atoms with Crippen molar-refractivity contribution in [2.75, 3.05) is 49.2 Å². The second-order valence-corrected chi connectivity index (χ2v) is 6.36. The molecule has 0 atom stereocenters. The number of piperazine rings is 1. The summed E-state index contributed by atoms with van der Waals surface area (Å²) < 4.78 is 0. The fourth-order valence-electron chi connectivity index (χ4n) is 2.29. The number of likely N-dealkylation sites (N-methyl/N-ethyl adjacent to an activating group) is 1. The van der Waals surface area contributed by atoms with Gasteiger partial charge in [0, 0.05) is 44.6 Å². The molecular weight excluding hydrogens is 326 g/mol. The Morgan fingerprint density at radius 3 is 2.67 bits per heavy atom. The maximum absolute atomic E-state index is 12.0. The minimum atomic E-state index is -0.143. The van der Waals surface area contributed by atoms with Crippen molar-refractivity contribution in [3.8, 4) is 0 Å². The van der Waals surface area contributed by atoms with Gasteiger partial charge in [0.05, 0.1) is 5.75 Å². The number of amides is 1. The maximum Gasteiger partial charge on any atom is 0.236 e. The molecule has 3 heterocycles. The van der Waals surface area contributed by atoms with Crippen LogP contribution in [-0.2, 0) is 4.79 Å². The number of aromatic nitrogens is 4. The molecule has 9 heteroatoms. The lowest BCUT2D eigenvalue weighted by Gasteiger charge is -2.33. The molecule has 0 unspecified atom stereocenters. The first-order chi connectivity index (χ1) is 11.7. The predicted molar refractivity (Wildman–Crippen MR) is 93.1 cm³/mol. The van der Waals surface area contributed by atoms with E-state index in [1.807, 2.05) is 6.07 Å². The molecule has 1 amide bonds. The SMILES string of the molecule is CN1CCN(c2cc(NC(=O)CSc3ncccn3)ncn2)CC1. The van der Waals surface area contributed by atoms with E-state index in [1.165, 1.54) is 18.1 Å². The lowest BCUT2D eigenvalue weighted by molar-refractivity contribution is -0.113. The Morgan fingerprint density at radius 2 is 1.92 bits per heavy atom. The quantitative estimate of drug-likeness (QED) is 0.627. The van der Waals surface area contributed by atoms with Crippen LogP contribution >= 0.6 is 11.8 Å². The minimum absolute atomic E-state index is 0.143.